The van der Waals surface area contributed by atoms with Gasteiger partial charge in [0, 0.05) is 23.2 Å². The van der Waals surface area contributed by atoms with Crippen LogP contribution in [0.15, 0.2) is 28.6 Å². The van der Waals surface area contributed by atoms with Crippen LogP contribution in [0.3, 0.4) is 0 Å². The van der Waals surface area contributed by atoms with Crippen LogP contribution in [0.1, 0.15) is 10.6 Å². The molecule has 21 heavy (non-hydrogen) atoms. The molecule has 0 saturated carbocycles. The van der Waals surface area contributed by atoms with Crippen molar-refractivity contribution in [3.05, 3.63) is 44.4 Å². The Bertz CT molecular complexity index is 785. The Labute approximate surface area is 124 Å². The van der Waals surface area contributed by atoms with Crippen molar-refractivity contribution in [1.82, 2.24) is 9.71 Å². The molecule has 0 aliphatic carbocycles. The van der Waals surface area contributed by atoms with Gasteiger partial charge in [-0.2, -0.15) is 0 Å². The smallest absolute Gasteiger partial charge is 0.289 e. The van der Waals surface area contributed by atoms with Crippen molar-refractivity contribution in [1.29, 1.82) is 0 Å². The third-order valence-electron chi connectivity index (χ3n) is 2.74. The number of aromatic nitrogens is 1. The summed E-state index contributed by atoms with van der Waals surface area (Å²) in [5, 5.41) is 10.9. The maximum Gasteiger partial charge on any atom is 0.289 e. The summed E-state index contributed by atoms with van der Waals surface area (Å²) in [5.74, 6) is 0. The van der Waals surface area contributed by atoms with E-state index in [1.807, 2.05) is 0 Å². The van der Waals surface area contributed by atoms with Crippen molar-refractivity contribution < 1.29 is 13.3 Å². The number of benzene rings is 1. The summed E-state index contributed by atoms with van der Waals surface area (Å²) in [7, 11) is -4.04. The van der Waals surface area contributed by atoms with Crippen molar-refractivity contribution in [2.75, 3.05) is 5.73 Å². The number of rotatable bonds is 5. The van der Waals surface area contributed by atoms with Crippen LogP contribution in [0.25, 0.3) is 0 Å². The molecule has 0 spiro atoms. The predicted molar refractivity (Wildman–Crippen MR) is 78.4 cm³/mol. The number of nitro benzene ring substituents is 1. The summed E-state index contributed by atoms with van der Waals surface area (Å²) in [5.41, 5.74) is 7.45. The van der Waals surface area contributed by atoms with Gasteiger partial charge in [0.25, 0.3) is 5.69 Å². The highest BCUT2D eigenvalue weighted by atomic mass is 32.2. The van der Waals surface area contributed by atoms with Gasteiger partial charge in [-0.05, 0) is 19.1 Å². The Balaban J connectivity index is 2.33. The van der Waals surface area contributed by atoms with E-state index in [4.69, 9.17) is 5.73 Å². The normalized spacial score (nSPS) is 11.5. The lowest BCUT2D eigenvalue weighted by atomic mass is 10.3. The standard InChI is InChI=1S/C11H12N4O4S2/c1-7-10(20-6-13-7)5-14-21(18,19)11-4-8(12)2-3-9(11)15(16)17/h2-4,6,14H,5,12H2,1H3. The van der Waals surface area contributed by atoms with E-state index in [9.17, 15) is 18.5 Å². The van der Waals surface area contributed by atoms with E-state index in [2.05, 4.69) is 9.71 Å². The van der Waals surface area contributed by atoms with Crippen molar-refractivity contribution >= 4 is 32.7 Å². The Kier molecular flexibility index (Phi) is 4.21. The fraction of sp³-hybridized carbons (Fsp3) is 0.182. The van der Waals surface area contributed by atoms with Gasteiger partial charge >= 0.3 is 0 Å². The molecule has 10 heteroatoms. The molecule has 0 radical (unpaired) electrons. The zero-order chi connectivity index (χ0) is 15.6. The minimum Gasteiger partial charge on any atom is -0.399 e. The van der Waals surface area contributed by atoms with Gasteiger partial charge in [0.15, 0.2) is 4.90 Å². The average molecular weight is 328 g/mol. The fourth-order valence-corrected chi connectivity index (χ4v) is 3.64. The maximum absolute atomic E-state index is 12.2. The van der Waals surface area contributed by atoms with Crippen molar-refractivity contribution in [3.63, 3.8) is 0 Å². The number of thiazole rings is 1. The van der Waals surface area contributed by atoms with E-state index >= 15 is 0 Å². The second-order valence-electron chi connectivity index (χ2n) is 4.17. The molecule has 0 aliphatic rings. The fourth-order valence-electron chi connectivity index (χ4n) is 1.63. The van der Waals surface area contributed by atoms with Crippen molar-refractivity contribution in [2.45, 2.75) is 18.4 Å². The van der Waals surface area contributed by atoms with Gasteiger partial charge in [-0.3, -0.25) is 10.1 Å². The lowest BCUT2D eigenvalue weighted by molar-refractivity contribution is -0.387. The summed E-state index contributed by atoms with van der Waals surface area (Å²) < 4.78 is 26.8. The van der Waals surface area contributed by atoms with Gasteiger partial charge in [-0.25, -0.2) is 18.1 Å². The third-order valence-corrected chi connectivity index (χ3v) is 5.10. The molecule has 0 bridgehead atoms. The number of sulfonamides is 1. The quantitative estimate of drug-likeness (QED) is 0.485. The lowest BCUT2D eigenvalue weighted by Gasteiger charge is -2.07. The van der Waals surface area contributed by atoms with E-state index in [0.29, 0.717) is 5.69 Å². The van der Waals surface area contributed by atoms with Crippen LogP contribution < -0.4 is 10.5 Å². The molecule has 2 rings (SSSR count). The Morgan fingerprint density at radius 2 is 2.19 bits per heavy atom. The van der Waals surface area contributed by atoms with Crippen LogP contribution >= 0.6 is 11.3 Å². The molecule has 0 unspecified atom stereocenters. The number of nitrogens with one attached hydrogen (secondary N) is 1. The minimum atomic E-state index is -4.04. The zero-order valence-corrected chi connectivity index (χ0v) is 12.6. The number of anilines is 1. The number of nitrogen functional groups attached to an aromatic ring is 1. The molecular weight excluding hydrogens is 316 g/mol. The van der Waals surface area contributed by atoms with Gasteiger partial charge in [0.05, 0.1) is 16.1 Å². The van der Waals surface area contributed by atoms with Crippen molar-refractivity contribution in [3.8, 4) is 0 Å². The maximum atomic E-state index is 12.2. The van der Waals surface area contributed by atoms with Crippen LogP contribution in [0.5, 0.6) is 0 Å². The topological polar surface area (TPSA) is 128 Å². The molecular formula is C11H12N4O4S2. The summed E-state index contributed by atoms with van der Waals surface area (Å²) >= 11 is 1.30. The summed E-state index contributed by atoms with van der Waals surface area (Å²) in [6.07, 6.45) is 0. The number of nitrogens with two attached hydrogens (primary N) is 1. The van der Waals surface area contributed by atoms with Crippen LogP contribution in [0.2, 0.25) is 0 Å². The van der Waals surface area contributed by atoms with Crippen LogP contribution in [0.4, 0.5) is 11.4 Å². The second kappa shape index (κ2) is 5.76. The molecule has 0 aliphatic heterocycles. The first-order valence-electron chi connectivity index (χ1n) is 5.74. The van der Waals surface area contributed by atoms with Crippen molar-refractivity contribution in [2.24, 2.45) is 0 Å². The molecule has 1 aromatic carbocycles. The highest BCUT2D eigenvalue weighted by Crippen LogP contribution is 2.26. The zero-order valence-electron chi connectivity index (χ0n) is 10.9. The van der Waals surface area contributed by atoms with E-state index in [0.717, 1.165) is 17.0 Å². The van der Waals surface area contributed by atoms with E-state index in [1.54, 1.807) is 12.4 Å². The van der Waals surface area contributed by atoms with Gasteiger partial charge in [-0.1, -0.05) is 0 Å². The SMILES string of the molecule is Cc1ncsc1CNS(=O)(=O)c1cc(N)ccc1[N+](=O)[O-]. The first kappa shape index (κ1) is 15.4. The molecule has 8 nitrogen and oxygen atoms in total. The first-order valence-corrected chi connectivity index (χ1v) is 8.10. The Morgan fingerprint density at radius 1 is 1.48 bits per heavy atom. The Hall–Kier alpha value is -2.04. The molecule has 2 aromatic rings. The molecule has 3 N–H and O–H groups in total. The molecule has 112 valence electrons. The molecule has 1 heterocycles. The molecule has 0 saturated heterocycles. The van der Waals surface area contributed by atoms with Crippen LogP contribution in [-0.2, 0) is 16.6 Å². The van der Waals surface area contributed by atoms with Gasteiger partial charge in [0.2, 0.25) is 10.0 Å². The van der Waals surface area contributed by atoms with Crippen LogP contribution in [0, 0.1) is 17.0 Å². The molecule has 0 atom stereocenters. The highest BCUT2D eigenvalue weighted by molar-refractivity contribution is 7.89. The van der Waals surface area contributed by atoms with E-state index < -0.39 is 25.5 Å². The monoisotopic (exact) mass is 328 g/mol. The van der Waals surface area contributed by atoms with E-state index in [1.165, 1.54) is 17.4 Å². The van der Waals surface area contributed by atoms with E-state index in [-0.39, 0.29) is 12.2 Å². The third kappa shape index (κ3) is 3.35. The summed E-state index contributed by atoms with van der Waals surface area (Å²) in [4.78, 5) is 14.5. The van der Waals surface area contributed by atoms with Gasteiger partial charge in [-0.15, -0.1) is 11.3 Å². The summed E-state index contributed by atoms with van der Waals surface area (Å²) in [6.45, 7) is 1.77. The summed E-state index contributed by atoms with van der Waals surface area (Å²) in [6, 6.07) is 3.42. The van der Waals surface area contributed by atoms with Crippen LogP contribution in [-0.4, -0.2) is 18.3 Å². The molecule has 1 aromatic heterocycles. The average Bonchev–Trinajstić information content (AvgIpc) is 2.81. The van der Waals surface area contributed by atoms with Gasteiger partial charge < -0.3 is 5.73 Å². The number of hydrogen-bond acceptors (Lipinski definition) is 7. The predicted octanol–water partition coefficient (Wildman–Crippen LogP) is 1.42. The minimum absolute atomic E-state index is 0.0186. The number of aryl methyl sites for hydroxylation is 1. The Morgan fingerprint density at radius 3 is 2.76 bits per heavy atom. The number of nitro groups is 1. The highest BCUT2D eigenvalue weighted by Gasteiger charge is 2.26. The second-order valence-corrected chi connectivity index (χ2v) is 6.84. The molecule has 0 fully saturated rings. The number of hydrogen-bond donors (Lipinski definition) is 2. The largest absolute Gasteiger partial charge is 0.399 e. The van der Waals surface area contributed by atoms with Gasteiger partial charge in [0.1, 0.15) is 0 Å². The first-order chi connectivity index (χ1) is 9.81. The lowest BCUT2D eigenvalue weighted by Crippen LogP contribution is -2.24. The molecule has 0 amide bonds. The number of nitrogens with zero attached hydrogens (tertiary/aromatic N) is 2.